The summed E-state index contributed by atoms with van der Waals surface area (Å²) in [7, 11) is 0. The van der Waals surface area contributed by atoms with Crippen LogP contribution in [0.25, 0.3) is 0 Å². The highest BCUT2D eigenvalue weighted by molar-refractivity contribution is 7.99. The third-order valence-electron chi connectivity index (χ3n) is 1.56. The molecule has 1 heterocycles. The molecule has 0 unspecified atom stereocenters. The number of nitrogens with zero attached hydrogens (tertiary/aromatic N) is 2. The van der Waals surface area contributed by atoms with Crippen molar-refractivity contribution in [3.8, 4) is 0 Å². The van der Waals surface area contributed by atoms with Gasteiger partial charge in [0.1, 0.15) is 0 Å². The van der Waals surface area contributed by atoms with Gasteiger partial charge in [0, 0.05) is 24.7 Å². The Bertz CT molecular complexity index is 248. The van der Waals surface area contributed by atoms with E-state index in [1.807, 2.05) is 12.4 Å². The lowest BCUT2D eigenvalue weighted by atomic mass is 10.2. The van der Waals surface area contributed by atoms with E-state index >= 15 is 0 Å². The van der Waals surface area contributed by atoms with Crippen molar-refractivity contribution >= 4 is 11.8 Å². The van der Waals surface area contributed by atoms with Gasteiger partial charge in [-0.15, -0.1) is 0 Å². The molecule has 74 valence electrons. The monoisotopic (exact) mass is 200 g/mol. The topological polar surface area (TPSA) is 38.0 Å². The molecule has 0 aliphatic heterocycles. The van der Waals surface area contributed by atoms with E-state index in [0.717, 1.165) is 17.5 Å². The average Bonchev–Trinajstić information content (AvgIpc) is 2.48. The molecule has 1 aromatic heterocycles. The SMILES string of the molecule is CC(C)Cn1ccnc1SCCO. The Labute approximate surface area is 83.2 Å². The number of aliphatic hydroxyl groups excluding tert-OH is 1. The third kappa shape index (κ3) is 3.40. The molecule has 4 heteroatoms. The highest BCUT2D eigenvalue weighted by Crippen LogP contribution is 2.16. The van der Waals surface area contributed by atoms with Crippen molar-refractivity contribution in [1.82, 2.24) is 9.55 Å². The van der Waals surface area contributed by atoms with Crippen molar-refractivity contribution in [3.05, 3.63) is 12.4 Å². The van der Waals surface area contributed by atoms with Crippen LogP contribution in [0, 0.1) is 5.92 Å². The van der Waals surface area contributed by atoms with Crippen LogP contribution in [0.2, 0.25) is 0 Å². The summed E-state index contributed by atoms with van der Waals surface area (Å²) in [5.74, 6) is 1.34. The fourth-order valence-electron chi connectivity index (χ4n) is 1.10. The summed E-state index contributed by atoms with van der Waals surface area (Å²) in [5, 5.41) is 9.68. The first kappa shape index (κ1) is 10.6. The summed E-state index contributed by atoms with van der Waals surface area (Å²) in [5.41, 5.74) is 0. The van der Waals surface area contributed by atoms with Crippen LogP contribution >= 0.6 is 11.8 Å². The molecule has 0 aliphatic rings. The molecule has 0 aromatic carbocycles. The van der Waals surface area contributed by atoms with Crippen LogP contribution in [0.3, 0.4) is 0 Å². The molecule has 1 rings (SSSR count). The predicted octanol–water partition coefficient (Wildman–Crippen LogP) is 1.62. The number of imidazole rings is 1. The fourth-order valence-corrected chi connectivity index (χ4v) is 1.82. The Kier molecular flexibility index (Phi) is 4.32. The van der Waals surface area contributed by atoms with Gasteiger partial charge in [0.2, 0.25) is 0 Å². The molecule has 0 fully saturated rings. The zero-order chi connectivity index (χ0) is 9.68. The first-order valence-corrected chi connectivity index (χ1v) is 5.47. The molecule has 0 saturated carbocycles. The number of thioether (sulfide) groups is 1. The Balaban J connectivity index is 2.55. The van der Waals surface area contributed by atoms with Crippen molar-refractivity contribution in [2.75, 3.05) is 12.4 Å². The lowest BCUT2D eigenvalue weighted by Gasteiger charge is -2.08. The van der Waals surface area contributed by atoms with Crippen molar-refractivity contribution in [3.63, 3.8) is 0 Å². The number of hydrogen-bond acceptors (Lipinski definition) is 3. The third-order valence-corrected chi connectivity index (χ3v) is 2.55. The summed E-state index contributed by atoms with van der Waals surface area (Å²) >= 11 is 1.60. The van der Waals surface area contributed by atoms with Crippen LogP contribution in [-0.4, -0.2) is 27.0 Å². The second-order valence-corrected chi connectivity index (χ2v) is 4.39. The van der Waals surface area contributed by atoms with Crippen LogP contribution in [-0.2, 0) is 6.54 Å². The van der Waals surface area contributed by atoms with E-state index in [1.165, 1.54) is 0 Å². The van der Waals surface area contributed by atoms with E-state index in [1.54, 1.807) is 11.8 Å². The van der Waals surface area contributed by atoms with Crippen molar-refractivity contribution in [2.24, 2.45) is 5.92 Å². The summed E-state index contributed by atoms with van der Waals surface area (Å²) in [6.45, 7) is 5.56. The number of rotatable bonds is 5. The van der Waals surface area contributed by atoms with Gasteiger partial charge in [0.15, 0.2) is 5.16 Å². The highest BCUT2D eigenvalue weighted by atomic mass is 32.2. The van der Waals surface area contributed by atoms with Crippen LogP contribution in [0.15, 0.2) is 17.6 Å². The molecule has 13 heavy (non-hydrogen) atoms. The molecule has 1 aromatic rings. The van der Waals surface area contributed by atoms with E-state index in [9.17, 15) is 0 Å². The minimum absolute atomic E-state index is 0.208. The molecular formula is C9H16N2OS. The quantitative estimate of drug-likeness (QED) is 0.734. The van der Waals surface area contributed by atoms with Crippen LogP contribution in [0.4, 0.5) is 0 Å². The maximum atomic E-state index is 8.68. The van der Waals surface area contributed by atoms with Gasteiger partial charge in [-0.1, -0.05) is 25.6 Å². The summed E-state index contributed by atoms with van der Waals surface area (Å²) in [6.07, 6.45) is 3.79. The zero-order valence-corrected chi connectivity index (χ0v) is 8.92. The van der Waals surface area contributed by atoms with Gasteiger partial charge in [0.25, 0.3) is 0 Å². The zero-order valence-electron chi connectivity index (χ0n) is 8.10. The van der Waals surface area contributed by atoms with Gasteiger partial charge in [-0.2, -0.15) is 0 Å². The van der Waals surface area contributed by atoms with E-state index in [-0.39, 0.29) is 6.61 Å². The number of aromatic nitrogens is 2. The predicted molar refractivity (Wildman–Crippen MR) is 54.9 cm³/mol. The van der Waals surface area contributed by atoms with Gasteiger partial charge in [-0.05, 0) is 5.92 Å². The van der Waals surface area contributed by atoms with Crippen LogP contribution in [0.5, 0.6) is 0 Å². The van der Waals surface area contributed by atoms with Crippen LogP contribution < -0.4 is 0 Å². The normalized spacial score (nSPS) is 11.1. The standard InChI is InChI=1S/C9H16N2OS/c1-8(2)7-11-4-3-10-9(11)13-6-5-12/h3-4,8,12H,5-7H2,1-2H3. The summed E-state index contributed by atoms with van der Waals surface area (Å²) < 4.78 is 2.13. The van der Waals surface area contributed by atoms with Gasteiger partial charge >= 0.3 is 0 Å². The molecule has 0 atom stereocenters. The Morgan fingerprint density at radius 3 is 3.00 bits per heavy atom. The lowest BCUT2D eigenvalue weighted by molar-refractivity contribution is 0.322. The highest BCUT2D eigenvalue weighted by Gasteiger charge is 2.03. The average molecular weight is 200 g/mol. The first-order valence-electron chi connectivity index (χ1n) is 4.49. The summed E-state index contributed by atoms with van der Waals surface area (Å²) in [4.78, 5) is 4.22. The van der Waals surface area contributed by atoms with Gasteiger partial charge < -0.3 is 9.67 Å². The second-order valence-electron chi connectivity index (χ2n) is 3.33. The van der Waals surface area contributed by atoms with Gasteiger partial charge in [-0.25, -0.2) is 4.98 Å². The largest absolute Gasteiger partial charge is 0.396 e. The van der Waals surface area contributed by atoms with E-state index in [0.29, 0.717) is 5.92 Å². The number of hydrogen-bond donors (Lipinski definition) is 1. The smallest absolute Gasteiger partial charge is 0.168 e. The Hall–Kier alpha value is -0.480. The van der Waals surface area contributed by atoms with Gasteiger partial charge in [-0.3, -0.25) is 0 Å². The van der Waals surface area contributed by atoms with E-state index < -0.39 is 0 Å². The maximum Gasteiger partial charge on any atom is 0.168 e. The molecule has 0 saturated heterocycles. The second kappa shape index (κ2) is 5.29. The molecule has 0 aliphatic carbocycles. The Morgan fingerprint density at radius 2 is 2.38 bits per heavy atom. The molecule has 0 bridgehead atoms. The minimum atomic E-state index is 0.208. The van der Waals surface area contributed by atoms with E-state index in [4.69, 9.17) is 5.11 Å². The molecular weight excluding hydrogens is 184 g/mol. The van der Waals surface area contributed by atoms with E-state index in [2.05, 4.69) is 23.4 Å². The van der Waals surface area contributed by atoms with Crippen molar-refractivity contribution in [2.45, 2.75) is 25.5 Å². The maximum absolute atomic E-state index is 8.68. The molecule has 3 nitrogen and oxygen atoms in total. The van der Waals surface area contributed by atoms with Crippen molar-refractivity contribution in [1.29, 1.82) is 0 Å². The fraction of sp³-hybridized carbons (Fsp3) is 0.667. The molecule has 0 radical (unpaired) electrons. The van der Waals surface area contributed by atoms with Gasteiger partial charge in [0.05, 0.1) is 6.61 Å². The van der Waals surface area contributed by atoms with Crippen molar-refractivity contribution < 1.29 is 5.11 Å². The molecule has 0 amide bonds. The summed E-state index contributed by atoms with van der Waals surface area (Å²) in [6, 6.07) is 0. The Morgan fingerprint density at radius 1 is 1.62 bits per heavy atom. The first-order chi connectivity index (χ1) is 6.24. The molecule has 0 spiro atoms. The lowest BCUT2D eigenvalue weighted by Crippen LogP contribution is -2.05. The number of aliphatic hydroxyl groups is 1. The van der Waals surface area contributed by atoms with Crippen LogP contribution in [0.1, 0.15) is 13.8 Å². The molecule has 1 N–H and O–H groups in total. The minimum Gasteiger partial charge on any atom is -0.396 e.